The number of carbonyl (C=O) groups is 2. The number of nitrogens with zero attached hydrogens (tertiary/aromatic N) is 1. The lowest BCUT2D eigenvalue weighted by Gasteiger charge is -2.29. The van der Waals surface area contributed by atoms with Crippen molar-refractivity contribution in [1.29, 1.82) is 0 Å². The van der Waals surface area contributed by atoms with Gasteiger partial charge in [-0.25, -0.2) is 0 Å². The summed E-state index contributed by atoms with van der Waals surface area (Å²) >= 11 is 0. The zero-order valence-corrected chi connectivity index (χ0v) is 22.5. The van der Waals surface area contributed by atoms with E-state index < -0.39 is 12.1 Å². The van der Waals surface area contributed by atoms with Gasteiger partial charge in [-0.3, -0.25) is 4.79 Å². The summed E-state index contributed by atoms with van der Waals surface area (Å²) in [6.45, 7) is 4.84. The van der Waals surface area contributed by atoms with Crippen LogP contribution in [-0.4, -0.2) is 50.2 Å². The molecule has 0 aliphatic rings. The fourth-order valence-corrected chi connectivity index (χ4v) is 4.31. The molecule has 1 heterocycles. The molecule has 0 aliphatic heterocycles. The quantitative estimate of drug-likeness (QED) is 0.147. The zero-order valence-electron chi connectivity index (χ0n) is 22.5. The number of furan rings is 1. The third-order valence-corrected chi connectivity index (χ3v) is 6.08. The standard InChI is InChI=1S/C28H49NO5/c1-6-7-14-17-24-20-23(2)26(33-24)18-15-12-10-8-9-11-13-16-19-28(32)34-25(21-27(30)31)22-29(3,4)5/h20,25H,6-19,21-22H2,1-5H3. The van der Waals surface area contributed by atoms with Crippen molar-refractivity contribution in [2.24, 2.45) is 0 Å². The highest BCUT2D eigenvalue weighted by molar-refractivity contribution is 5.70. The van der Waals surface area contributed by atoms with Crippen molar-refractivity contribution >= 4 is 11.9 Å². The van der Waals surface area contributed by atoms with Crippen LogP contribution in [0.4, 0.5) is 0 Å². The van der Waals surface area contributed by atoms with E-state index in [1.165, 1.54) is 62.7 Å². The van der Waals surface area contributed by atoms with Crippen LogP contribution in [0, 0.1) is 6.92 Å². The summed E-state index contributed by atoms with van der Waals surface area (Å²) in [6.07, 6.45) is 14.2. The molecule has 196 valence electrons. The molecule has 0 amide bonds. The highest BCUT2D eigenvalue weighted by Gasteiger charge is 2.22. The van der Waals surface area contributed by atoms with Crippen LogP contribution in [0.1, 0.15) is 107 Å². The number of aryl methyl sites for hydroxylation is 3. The number of hydrogen-bond acceptors (Lipinski definition) is 5. The molecule has 6 heteroatoms. The third-order valence-electron chi connectivity index (χ3n) is 6.08. The minimum atomic E-state index is -1.18. The largest absolute Gasteiger partial charge is 0.550 e. The number of hydrogen-bond donors (Lipinski definition) is 0. The van der Waals surface area contributed by atoms with Gasteiger partial charge in [-0.1, -0.05) is 58.3 Å². The van der Waals surface area contributed by atoms with Gasteiger partial charge < -0.3 is 23.5 Å². The Kier molecular flexibility index (Phi) is 14.9. The monoisotopic (exact) mass is 479 g/mol. The number of aliphatic carboxylic acids is 1. The Hall–Kier alpha value is -1.82. The Bertz CT molecular complexity index is 704. The molecule has 0 aromatic carbocycles. The number of esters is 1. The Morgan fingerprint density at radius 3 is 2.12 bits per heavy atom. The van der Waals surface area contributed by atoms with Crippen LogP contribution in [0.3, 0.4) is 0 Å². The first-order valence-corrected chi connectivity index (χ1v) is 13.4. The Labute approximate surface area is 207 Å². The lowest BCUT2D eigenvalue weighted by atomic mass is 10.1. The van der Waals surface area contributed by atoms with Crippen molar-refractivity contribution in [1.82, 2.24) is 0 Å². The molecule has 34 heavy (non-hydrogen) atoms. The average Bonchev–Trinajstić information content (AvgIpc) is 3.07. The molecule has 0 saturated carbocycles. The van der Waals surface area contributed by atoms with E-state index in [2.05, 4.69) is 19.9 Å². The molecule has 0 aliphatic carbocycles. The van der Waals surface area contributed by atoms with Crippen LogP contribution in [0.15, 0.2) is 10.5 Å². The second-order valence-corrected chi connectivity index (χ2v) is 10.8. The molecule has 0 radical (unpaired) electrons. The summed E-state index contributed by atoms with van der Waals surface area (Å²) in [5.74, 6) is 0.827. The van der Waals surface area contributed by atoms with Crippen molar-refractivity contribution in [3.8, 4) is 0 Å². The fraction of sp³-hybridized carbons (Fsp3) is 0.786. The van der Waals surface area contributed by atoms with Gasteiger partial charge in [0.25, 0.3) is 0 Å². The van der Waals surface area contributed by atoms with E-state index in [0.717, 1.165) is 37.9 Å². The van der Waals surface area contributed by atoms with E-state index in [1.807, 2.05) is 21.1 Å². The van der Waals surface area contributed by atoms with E-state index in [4.69, 9.17) is 9.15 Å². The van der Waals surface area contributed by atoms with E-state index in [9.17, 15) is 14.7 Å². The molecule has 0 fully saturated rings. The first-order chi connectivity index (χ1) is 16.1. The van der Waals surface area contributed by atoms with Gasteiger partial charge in [-0.2, -0.15) is 0 Å². The maximum atomic E-state index is 12.1. The Morgan fingerprint density at radius 1 is 0.941 bits per heavy atom. The number of quaternary nitrogens is 1. The van der Waals surface area contributed by atoms with Crippen LogP contribution in [0.25, 0.3) is 0 Å². The minimum absolute atomic E-state index is 0.249. The molecule has 1 aromatic rings. The predicted molar refractivity (Wildman–Crippen MR) is 134 cm³/mol. The third kappa shape index (κ3) is 15.2. The van der Waals surface area contributed by atoms with Crippen LogP contribution in [0.2, 0.25) is 0 Å². The molecule has 0 saturated heterocycles. The maximum Gasteiger partial charge on any atom is 0.306 e. The second kappa shape index (κ2) is 16.7. The molecule has 0 spiro atoms. The van der Waals surface area contributed by atoms with Gasteiger partial charge in [0.2, 0.25) is 0 Å². The van der Waals surface area contributed by atoms with Gasteiger partial charge in [0.15, 0.2) is 6.10 Å². The number of carboxylic acids is 1. The van der Waals surface area contributed by atoms with Crippen molar-refractivity contribution in [3.05, 3.63) is 23.2 Å². The summed E-state index contributed by atoms with van der Waals surface area (Å²) in [7, 11) is 5.83. The first-order valence-electron chi connectivity index (χ1n) is 13.4. The fourth-order valence-electron chi connectivity index (χ4n) is 4.31. The summed E-state index contributed by atoms with van der Waals surface area (Å²) in [4.78, 5) is 23.0. The zero-order chi connectivity index (χ0) is 25.4. The van der Waals surface area contributed by atoms with E-state index in [1.54, 1.807) is 0 Å². The molecule has 1 atom stereocenters. The number of carbonyl (C=O) groups excluding carboxylic acids is 2. The molecule has 0 bridgehead atoms. The molecular formula is C28H49NO5. The lowest BCUT2D eigenvalue weighted by Crippen LogP contribution is -2.45. The van der Waals surface area contributed by atoms with Gasteiger partial charge in [0.1, 0.15) is 18.1 Å². The van der Waals surface area contributed by atoms with Gasteiger partial charge >= 0.3 is 5.97 Å². The number of ether oxygens (including phenoxy) is 1. The van der Waals surface area contributed by atoms with E-state index in [-0.39, 0.29) is 12.4 Å². The van der Waals surface area contributed by atoms with E-state index >= 15 is 0 Å². The summed E-state index contributed by atoms with van der Waals surface area (Å²) in [5, 5.41) is 10.9. The van der Waals surface area contributed by atoms with Crippen LogP contribution < -0.4 is 5.11 Å². The topological polar surface area (TPSA) is 79.6 Å². The molecule has 1 aromatic heterocycles. The highest BCUT2D eigenvalue weighted by atomic mass is 16.5. The number of unbranched alkanes of at least 4 members (excludes halogenated alkanes) is 9. The molecule has 1 unspecified atom stereocenters. The van der Waals surface area contributed by atoms with Crippen molar-refractivity contribution in [2.45, 2.75) is 116 Å². The summed E-state index contributed by atoms with van der Waals surface area (Å²) in [6, 6.07) is 2.22. The highest BCUT2D eigenvalue weighted by Crippen LogP contribution is 2.20. The second-order valence-electron chi connectivity index (χ2n) is 10.8. The molecule has 6 nitrogen and oxygen atoms in total. The van der Waals surface area contributed by atoms with Gasteiger partial charge in [-0.15, -0.1) is 0 Å². The summed E-state index contributed by atoms with van der Waals surface area (Å²) < 4.78 is 12.0. The SMILES string of the molecule is CCCCCc1cc(C)c(CCCCCCCCCCC(=O)OC(CC(=O)[O-])C[N+](C)(C)C)o1. The van der Waals surface area contributed by atoms with Crippen molar-refractivity contribution in [2.75, 3.05) is 27.7 Å². The molecular weight excluding hydrogens is 430 g/mol. The smallest absolute Gasteiger partial charge is 0.306 e. The lowest BCUT2D eigenvalue weighted by molar-refractivity contribution is -0.873. The minimum Gasteiger partial charge on any atom is -0.550 e. The number of carboxylic acid groups (broad SMARTS) is 1. The van der Waals surface area contributed by atoms with Crippen LogP contribution in [-0.2, 0) is 27.2 Å². The van der Waals surface area contributed by atoms with E-state index in [0.29, 0.717) is 17.4 Å². The number of rotatable bonds is 20. The molecule has 1 rings (SSSR count). The summed E-state index contributed by atoms with van der Waals surface area (Å²) in [5.41, 5.74) is 1.30. The van der Waals surface area contributed by atoms with Crippen molar-refractivity contribution in [3.63, 3.8) is 0 Å². The van der Waals surface area contributed by atoms with Crippen LogP contribution in [0.5, 0.6) is 0 Å². The van der Waals surface area contributed by atoms with Gasteiger partial charge in [-0.05, 0) is 37.8 Å². The number of likely N-dealkylation sites (N-methyl/N-ethyl adjacent to an activating group) is 1. The van der Waals surface area contributed by atoms with Crippen molar-refractivity contribution < 1.29 is 28.3 Å². The molecule has 0 N–H and O–H groups in total. The predicted octanol–water partition coefficient (Wildman–Crippen LogP) is 5.13. The van der Waals surface area contributed by atoms with Crippen LogP contribution >= 0.6 is 0 Å². The average molecular weight is 480 g/mol. The maximum absolute atomic E-state index is 12.1. The Balaban J connectivity index is 2.07. The first kappa shape index (κ1) is 30.2. The van der Waals surface area contributed by atoms with Gasteiger partial charge in [0.05, 0.1) is 21.1 Å². The Morgan fingerprint density at radius 2 is 1.53 bits per heavy atom. The van der Waals surface area contributed by atoms with Gasteiger partial charge in [0, 0.05) is 31.7 Å². The normalized spacial score (nSPS) is 12.6.